The van der Waals surface area contributed by atoms with Crippen LogP contribution in [-0.4, -0.2) is 35.6 Å². The van der Waals surface area contributed by atoms with Crippen LogP contribution in [-0.2, 0) is 9.59 Å². The second-order valence-electron chi connectivity index (χ2n) is 5.28. The lowest BCUT2D eigenvalue weighted by molar-refractivity contribution is -0.140. The van der Waals surface area contributed by atoms with Gasteiger partial charge in [-0.15, -0.1) is 0 Å². The van der Waals surface area contributed by atoms with Crippen molar-refractivity contribution in [2.45, 2.75) is 38.3 Å². The van der Waals surface area contributed by atoms with Crippen LogP contribution in [0.4, 0.5) is 10.1 Å². The first-order valence-corrected chi connectivity index (χ1v) is 7.57. The van der Waals surface area contributed by atoms with Crippen LogP contribution in [0.5, 0.6) is 0 Å². The molecule has 0 bridgehead atoms. The molecule has 120 valence electrons. The number of carboxylic acid groups (broad SMARTS) is 1. The first kappa shape index (κ1) is 16.7. The Hall–Kier alpha value is -1.66. The number of hydrogen-bond donors (Lipinski definition) is 2. The Morgan fingerprint density at radius 2 is 2.32 bits per heavy atom. The van der Waals surface area contributed by atoms with Crippen LogP contribution < -0.4 is 10.2 Å². The monoisotopic (exact) mass is 328 g/mol. The molecule has 2 rings (SSSR count). The Balaban J connectivity index is 2.08. The van der Waals surface area contributed by atoms with E-state index in [0.29, 0.717) is 31.5 Å². The van der Waals surface area contributed by atoms with E-state index in [1.165, 1.54) is 17.0 Å². The summed E-state index contributed by atoms with van der Waals surface area (Å²) in [5.41, 5.74) is 0.429. The minimum Gasteiger partial charge on any atom is -0.480 e. The lowest BCUT2D eigenvalue weighted by atomic mass is 10.1. The van der Waals surface area contributed by atoms with Gasteiger partial charge in [-0.1, -0.05) is 24.9 Å². The maximum atomic E-state index is 13.5. The third-order valence-electron chi connectivity index (χ3n) is 3.70. The van der Waals surface area contributed by atoms with Crippen molar-refractivity contribution in [1.29, 1.82) is 0 Å². The van der Waals surface area contributed by atoms with Gasteiger partial charge >= 0.3 is 5.97 Å². The van der Waals surface area contributed by atoms with E-state index >= 15 is 0 Å². The van der Waals surface area contributed by atoms with E-state index in [4.69, 9.17) is 16.7 Å². The standard InChI is InChI=1S/C15H18ClFN2O3/c1-2-3-13(15(21)22)18-12-6-7-19(14(12)20)9-4-5-10(16)11(17)8-9/h4-5,8,12-13,18H,2-3,6-7H2,1H3,(H,21,22). The fourth-order valence-corrected chi connectivity index (χ4v) is 2.67. The maximum Gasteiger partial charge on any atom is 0.320 e. The number of carbonyl (C=O) groups excluding carboxylic acids is 1. The highest BCUT2D eigenvalue weighted by Crippen LogP contribution is 2.26. The fraction of sp³-hybridized carbons (Fsp3) is 0.467. The molecule has 0 saturated carbocycles. The second kappa shape index (κ2) is 7.07. The fourth-order valence-electron chi connectivity index (χ4n) is 2.55. The number of amides is 1. The van der Waals surface area contributed by atoms with E-state index in [9.17, 15) is 14.0 Å². The highest BCUT2D eigenvalue weighted by atomic mass is 35.5. The minimum atomic E-state index is -0.967. The largest absolute Gasteiger partial charge is 0.480 e. The van der Waals surface area contributed by atoms with Gasteiger partial charge in [0.2, 0.25) is 5.91 Å². The van der Waals surface area contributed by atoms with Gasteiger partial charge in [0, 0.05) is 12.2 Å². The molecule has 0 aliphatic carbocycles. The Bertz CT molecular complexity index is 582. The van der Waals surface area contributed by atoms with Gasteiger partial charge in [-0.2, -0.15) is 0 Å². The summed E-state index contributed by atoms with van der Waals surface area (Å²) in [5, 5.41) is 12.0. The highest BCUT2D eigenvalue weighted by Gasteiger charge is 2.35. The van der Waals surface area contributed by atoms with Crippen molar-refractivity contribution in [2.75, 3.05) is 11.4 Å². The molecule has 0 spiro atoms. The van der Waals surface area contributed by atoms with E-state index in [1.54, 1.807) is 6.07 Å². The Labute approximate surface area is 133 Å². The molecular weight excluding hydrogens is 311 g/mol. The zero-order valence-electron chi connectivity index (χ0n) is 12.2. The van der Waals surface area contributed by atoms with E-state index in [-0.39, 0.29) is 10.9 Å². The minimum absolute atomic E-state index is 0.000965. The molecule has 1 fully saturated rings. The Morgan fingerprint density at radius 3 is 2.91 bits per heavy atom. The van der Waals surface area contributed by atoms with Gasteiger partial charge < -0.3 is 10.0 Å². The highest BCUT2D eigenvalue weighted by molar-refractivity contribution is 6.30. The van der Waals surface area contributed by atoms with Crippen LogP contribution in [0, 0.1) is 5.82 Å². The normalized spacial score (nSPS) is 19.5. The van der Waals surface area contributed by atoms with Crippen molar-refractivity contribution < 1.29 is 19.1 Å². The number of anilines is 1. The predicted octanol–water partition coefficient (Wildman–Crippen LogP) is 2.43. The van der Waals surface area contributed by atoms with Crippen molar-refractivity contribution in [3.63, 3.8) is 0 Å². The molecule has 1 heterocycles. The maximum absolute atomic E-state index is 13.5. The van der Waals surface area contributed by atoms with Crippen LogP contribution in [0.15, 0.2) is 18.2 Å². The summed E-state index contributed by atoms with van der Waals surface area (Å²) in [6.45, 7) is 2.30. The second-order valence-corrected chi connectivity index (χ2v) is 5.68. The number of rotatable bonds is 6. The molecule has 7 heteroatoms. The molecule has 1 saturated heterocycles. The molecule has 0 radical (unpaired) electrons. The number of nitrogens with one attached hydrogen (secondary N) is 1. The number of aliphatic carboxylic acids is 1. The topological polar surface area (TPSA) is 69.6 Å². The van der Waals surface area contributed by atoms with E-state index in [2.05, 4.69) is 5.32 Å². The predicted molar refractivity (Wildman–Crippen MR) is 81.6 cm³/mol. The summed E-state index contributed by atoms with van der Waals surface area (Å²) in [7, 11) is 0. The van der Waals surface area contributed by atoms with Gasteiger partial charge in [0.05, 0.1) is 11.1 Å². The number of carbonyl (C=O) groups is 2. The number of nitrogens with zero attached hydrogens (tertiary/aromatic N) is 1. The van der Waals surface area contributed by atoms with Crippen LogP contribution in [0.2, 0.25) is 5.02 Å². The van der Waals surface area contributed by atoms with Crippen molar-refractivity contribution >= 4 is 29.2 Å². The average Bonchev–Trinajstić information content (AvgIpc) is 2.83. The molecule has 2 unspecified atom stereocenters. The van der Waals surface area contributed by atoms with Gasteiger partial charge in [-0.05, 0) is 31.0 Å². The number of hydrogen-bond acceptors (Lipinski definition) is 3. The summed E-state index contributed by atoms with van der Waals surface area (Å²) < 4.78 is 13.5. The van der Waals surface area contributed by atoms with Gasteiger partial charge in [0.1, 0.15) is 11.9 Å². The summed E-state index contributed by atoms with van der Waals surface area (Å²) in [5.74, 6) is -1.80. The van der Waals surface area contributed by atoms with Crippen molar-refractivity contribution in [1.82, 2.24) is 5.32 Å². The van der Waals surface area contributed by atoms with E-state index in [1.807, 2.05) is 6.92 Å². The van der Waals surface area contributed by atoms with Crippen LogP contribution in [0.3, 0.4) is 0 Å². The third-order valence-corrected chi connectivity index (χ3v) is 4.00. The number of halogens is 2. The number of carboxylic acids is 1. The van der Waals surface area contributed by atoms with E-state index < -0.39 is 23.9 Å². The molecule has 22 heavy (non-hydrogen) atoms. The molecule has 1 aliphatic rings. The van der Waals surface area contributed by atoms with Crippen LogP contribution in [0.1, 0.15) is 26.2 Å². The van der Waals surface area contributed by atoms with Crippen molar-refractivity contribution in [2.24, 2.45) is 0 Å². The summed E-state index contributed by atoms with van der Waals surface area (Å²) >= 11 is 5.63. The summed E-state index contributed by atoms with van der Waals surface area (Å²) in [6, 6.07) is 2.87. The molecule has 2 atom stereocenters. The molecular formula is C15H18ClFN2O3. The molecule has 5 nitrogen and oxygen atoms in total. The molecule has 1 aromatic carbocycles. The van der Waals surface area contributed by atoms with Crippen LogP contribution in [0.25, 0.3) is 0 Å². The molecule has 1 amide bonds. The van der Waals surface area contributed by atoms with E-state index in [0.717, 1.165) is 0 Å². The first-order valence-electron chi connectivity index (χ1n) is 7.19. The van der Waals surface area contributed by atoms with Gasteiger partial charge in [0.15, 0.2) is 0 Å². The first-order chi connectivity index (χ1) is 10.4. The van der Waals surface area contributed by atoms with Crippen molar-refractivity contribution in [3.8, 4) is 0 Å². The zero-order valence-corrected chi connectivity index (χ0v) is 12.9. The number of benzene rings is 1. The molecule has 1 aromatic rings. The van der Waals surface area contributed by atoms with Crippen LogP contribution >= 0.6 is 11.6 Å². The molecule has 2 N–H and O–H groups in total. The van der Waals surface area contributed by atoms with Crippen molar-refractivity contribution in [3.05, 3.63) is 29.0 Å². The third kappa shape index (κ3) is 3.56. The smallest absolute Gasteiger partial charge is 0.320 e. The quantitative estimate of drug-likeness (QED) is 0.841. The Kier molecular flexibility index (Phi) is 5.37. The molecule has 1 aliphatic heterocycles. The summed E-state index contributed by atoms with van der Waals surface area (Å²) in [6.07, 6.45) is 1.64. The van der Waals surface area contributed by atoms with Gasteiger partial charge in [-0.3, -0.25) is 14.9 Å². The SMILES string of the molecule is CCCC(NC1CCN(c2ccc(Cl)c(F)c2)C1=O)C(=O)O. The summed E-state index contributed by atoms with van der Waals surface area (Å²) in [4.78, 5) is 25.0. The van der Waals surface area contributed by atoms with Gasteiger partial charge in [0.25, 0.3) is 0 Å². The van der Waals surface area contributed by atoms with Gasteiger partial charge in [-0.25, -0.2) is 4.39 Å². The zero-order chi connectivity index (χ0) is 16.3. The average molecular weight is 329 g/mol. The Morgan fingerprint density at radius 1 is 1.59 bits per heavy atom. The lowest BCUT2D eigenvalue weighted by Gasteiger charge is -2.20. The lowest BCUT2D eigenvalue weighted by Crippen LogP contribution is -2.47. The molecule has 0 aromatic heterocycles.